The van der Waals surface area contributed by atoms with Crippen molar-refractivity contribution < 1.29 is 0 Å². The molecule has 0 spiro atoms. The highest BCUT2D eigenvalue weighted by molar-refractivity contribution is 5.70. The Kier molecular flexibility index (Phi) is 6.45. The topological polar surface area (TPSA) is 0 Å². The summed E-state index contributed by atoms with van der Waals surface area (Å²) in [7, 11) is 0. The first-order valence-corrected chi connectivity index (χ1v) is 9.80. The maximum Gasteiger partial charge on any atom is -0.0149 e. The van der Waals surface area contributed by atoms with E-state index in [0.29, 0.717) is 0 Å². The average Bonchev–Trinajstić information content (AvgIpc) is 2.72. The van der Waals surface area contributed by atoms with Gasteiger partial charge in [0, 0.05) is 0 Å². The van der Waals surface area contributed by atoms with Gasteiger partial charge in [0.15, 0.2) is 0 Å². The molecule has 0 bridgehead atoms. The fourth-order valence-corrected chi connectivity index (χ4v) is 3.28. The van der Waals surface area contributed by atoms with Crippen LogP contribution in [-0.4, -0.2) is 0 Å². The smallest absolute Gasteiger partial charge is 0.0149 e. The zero-order valence-corrected chi connectivity index (χ0v) is 17.2. The van der Waals surface area contributed by atoms with E-state index in [0.717, 1.165) is 0 Å². The van der Waals surface area contributed by atoms with Gasteiger partial charge in [-0.2, -0.15) is 0 Å². The van der Waals surface area contributed by atoms with Crippen LogP contribution in [0.25, 0.3) is 22.3 Å². The molecule has 0 radical (unpaired) electrons. The van der Waals surface area contributed by atoms with Crippen molar-refractivity contribution in [3.05, 3.63) is 119 Å². The van der Waals surface area contributed by atoms with Crippen LogP contribution in [0, 0.1) is 27.7 Å². The summed E-state index contributed by atoms with van der Waals surface area (Å²) in [4.78, 5) is 0. The van der Waals surface area contributed by atoms with E-state index < -0.39 is 0 Å². The molecule has 0 saturated carbocycles. The van der Waals surface area contributed by atoms with Crippen LogP contribution in [0.4, 0.5) is 0 Å². The SMILES string of the molecule is Cc1ccc(-c2ccccc2)cc1.Cc1ccc(C)c(-c2ccccc2C)c1. The van der Waals surface area contributed by atoms with Gasteiger partial charge in [-0.3, -0.25) is 0 Å². The van der Waals surface area contributed by atoms with Crippen LogP contribution in [0.2, 0.25) is 0 Å². The van der Waals surface area contributed by atoms with E-state index in [9.17, 15) is 0 Å². The molecule has 0 aromatic heterocycles. The minimum absolute atomic E-state index is 1.28. The van der Waals surface area contributed by atoms with Crippen LogP contribution in [0.15, 0.2) is 97.1 Å². The van der Waals surface area contributed by atoms with Crippen LogP contribution in [0.1, 0.15) is 22.3 Å². The Bertz CT molecular complexity index is 1030. The molecule has 0 aliphatic rings. The van der Waals surface area contributed by atoms with Crippen LogP contribution in [-0.2, 0) is 0 Å². The second-order valence-electron chi connectivity index (χ2n) is 7.37. The monoisotopic (exact) mass is 364 g/mol. The van der Waals surface area contributed by atoms with E-state index in [-0.39, 0.29) is 0 Å². The first-order valence-electron chi connectivity index (χ1n) is 9.80. The Labute approximate surface area is 169 Å². The summed E-state index contributed by atoms with van der Waals surface area (Å²) in [6, 6.07) is 34.2. The van der Waals surface area contributed by atoms with Crippen LogP contribution >= 0.6 is 0 Å². The molecular formula is C28H28. The van der Waals surface area contributed by atoms with E-state index in [2.05, 4.69) is 119 Å². The van der Waals surface area contributed by atoms with Gasteiger partial charge in [-0.25, -0.2) is 0 Å². The fourth-order valence-electron chi connectivity index (χ4n) is 3.28. The standard InChI is InChI=1S/C15H16.C13H12/c1-11-8-9-13(3)15(10-11)14-7-5-4-6-12(14)2;1-11-7-9-13(10-8-11)12-5-3-2-4-6-12/h4-10H,1-3H3;2-10H,1H3. The van der Waals surface area contributed by atoms with Crippen molar-refractivity contribution in [2.24, 2.45) is 0 Å². The van der Waals surface area contributed by atoms with E-state index in [1.54, 1.807) is 0 Å². The van der Waals surface area contributed by atoms with Crippen molar-refractivity contribution in [2.45, 2.75) is 27.7 Å². The highest BCUT2D eigenvalue weighted by atomic mass is 14.1. The van der Waals surface area contributed by atoms with Crippen molar-refractivity contribution in [3.8, 4) is 22.3 Å². The van der Waals surface area contributed by atoms with Crippen molar-refractivity contribution in [1.29, 1.82) is 0 Å². The second kappa shape index (κ2) is 9.19. The predicted octanol–water partition coefficient (Wildman–Crippen LogP) is 7.94. The molecule has 0 amide bonds. The molecule has 0 aliphatic carbocycles. The normalized spacial score (nSPS) is 10.1. The van der Waals surface area contributed by atoms with E-state index in [1.807, 2.05) is 6.07 Å². The molecule has 4 aromatic carbocycles. The lowest BCUT2D eigenvalue weighted by atomic mass is 9.95. The Balaban J connectivity index is 0.000000162. The number of hydrogen-bond donors (Lipinski definition) is 0. The van der Waals surface area contributed by atoms with Crippen LogP contribution < -0.4 is 0 Å². The number of aryl methyl sites for hydroxylation is 4. The Morgan fingerprint density at radius 3 is 1.61 bits per heavy atom. The summed E-state index contributed by atoms with van der Waals surface area (Å²) >= 11 is 0. The second-order valence-corrected chi connectivity index (χ2v) is 7.37. The van der Waals surface area contributed by atoms with Crippen molar-refractivity contribution in [1.82, 2.24) is 0 Å². The molecule has 0 N–H and O–H groups in total. The molecule has 140 valence electrons. The third-order valence-corrected chi connectivity index (χ3v) is 4.99. The lowest BCUT2D eigenvalue weighted by Crippen LogP contribution is -1.87. The third-order valence-electron chi connectivity index (χ3n) is 4.99. The summed E-state index contributed by atoms with van der Waals surface area (Å²) in [6.07, 6.45) is 0. The van der Waals surface area contributed by atoms with Gasteiger partial charge in [0.2, 0.25) is 0 Å². The van der Waals surface area contributed by atoms with Crippen molar-refractivity contribution in [3.63, 3.8) is 0 Å². The van der Waals surface area contributed by atoms with Gasteiger partial charge in [0.25, 0.3) is 0 Å². The summed E-state index contributed by atoms with van der Waals surface area (Å²) in [6.45, 7) is 8.58. The van der Waals surface area contributed by atoms with Gasteiger partial charge in [0.1, 0.15) is 0 Å². The van der Waals surface area contributed by atoms with E-state index >= 15 is 0 Å². The molecule has 0 aliphatic heterocycles. The van der Waals surface area contributed by atoms with Gasteiger partial charge in [0.05, 0.1) is 0 Å². The predicted molar refractivity (Wildman–Crippen MR) is 123 cm³/mol. The van der Waals surface area contributed by atoms with E-state index in [4.69, 9.17) is 0 Å². The maximum absolute atomic E-state index is 2.26. The van der Waals surface area contributed by atoms with Gasteiger partial charge in [-0.15, -0.1) is 0 Å². The summed E-state index contributed by atoms with van der Waals surface area (Å²) in [5.41, 5.74) is 10.6. The Hall–Kier alpha value is -3.12. The highest BCUT2D eigenvalue weighted by Gasteiger charge is 2.04. The molecule has 4 rings (SSSR count). The summed E-state index contributed by atoms with van der Waals surface area (Å²) < 4.78 is 0. The van der Waals surface area contributed by atoms with Crippen molar-refractivity contribution in [2.75, 3.05) is 0 Å². The first-order chi connectivity index (χ1) is 13.5. The summed E-state index contributed by atoms with van der Waals surface area (Å²) in [5.74, 6) is 0. The van der Waals surface area contributed by atoms with Crippen LogP contribution in [0.3, 0.4) is 0 Å². The largest absolute Gasteiger partial charge is 0.0622 e. The third kappa shape index (κ3) is 4.98. The van der Waals surface area contributed by atoms with E-state index in [1.165, 1.54) is 44.5 Å². The first kappa shape index (κ1) is 19.6. The number of rotatable bonds is 2. The lowest BCUT2D eigenvalue weighted by Gasteiger charge is -2.09. The van der Waals surface area contributed by atoms with Gasteiger partial charge >= 0.3 is 0 Å². The molecule has 0 atom stereocenters. The Morgan fingerprint density at radius 2 is 0.929 bits per heavy atom. The molecule has 0 saturated heterocycles. The number of hydrogen-bond acceptors (Lipinski definition) is 0. The molecule has 4 aromatic rings. The lowest BCUT2D eigenvalue weighted by molar-refractivity contribution is 1.37. The maximum atomic E-state index is 2.26. The molecule has 28 heavy (non-hydrogen) atoms. The minimum Gasteiger partial charge on any atom is -0.0622 e. The van der Waals surface area contributed by atoms with Gasteiger partial charge in [-0.05, 0) is 61.1 Å². The molecule has 0 fully saturated rings. The summed E-state index contributed by atoms with van der Waals surface area (Å²) in [5, 5.41) is 0. The quantitative estimate of drug-likeness (QED) is 0.338. The fraction of sp³-hybridized carbons (Fsp3) is 0.143. The van der Waals surface area contributed by atoms with Crippen molar-refractivity contribution >= 4 is 0 Å². The molecule has 0 unspecified atom stereocenters. The minimum atomic E-state index is 1.28. The van der Waals surface area contributed by atoms with Gasteiger partial charge in [-0.1, -0.05) is 108 Å². The molecule has 0 heteroatoms. The zero-order chi connectivity index (χ0) is 19.9. The van der Waals surface area contributed by atoms with Gasteiger partial charge < -0.3 is 0 Å². The average molecular weight is 365 g/mol. The number of benzene rings is 4. The highest BCUT2D eigenvalue weighted by Crippen LogP contribution is 2.27. The molecule has 0 heterocycles. The van der Waals surface area contributed by atoms with Crippen LogP contribution in [0.5, 0.6) is 0 Å². The molecule has 0 nitrogen and oxygen atoms in total. The zero-order valence-electron chi connectivity index (χ0n) is 17.2. The molecular weight excluding hydrogens is 336 g/mol. The Morgan fingerprint density at radius 1 is 0.393 bits per heavy atom.